The number of nitrogens with zero attached hydrogens (tertiary/aromatic N) is 1. The third-order valence-electron chi connectivity index (χ3n) is 5.42. The second-order valence-electron chi connectivity index (χ2n) is 7.66. The van der Waals surface area contributed by atoms with Crippen molar-refractivity contribution in [3.05, 3.63) is 95.1 Å². The van der Waals surface area contributed by atoms with E-state index in [1.54, 1.807) is 12.1 Å². The third kappa shape index (κ3) is 6.32. The van der Waals surface area contributed by atoms with Crippen molar-refractivity contribution < 1.29 is 27.1 Å². The molecule has 2 N–H and O–H groups in total. The Morgan fingerprint density at radius 2 is 1.79 bits per heavy atom. The van der Waals surface area contributed by atoms with Gasteiger partial charge >= 0.3 is 6.18 Å². The standard InChI is InChI=1S/C25H25F4N3O2/c1-30-24(33)23(17-6-4-3-5-7-17)32-20(18-10-11-19(26)21(14-18)34-2)12-8-16-9-13-22(31-15-16)25(27,28)29/h3-7,9-11,13-15,20,23,32H,8,12H2,1-2H3,(H,30,33)/t20-,23?/m1/s1. The SMILES string of the molecule is CNC(=O)C(N[C@H](CCc1ccc(C(F)(F)F)nc1)c1ccc(F)c(OC)c1)c1ccccc1. The first-order valence-corrected chi connectivity index (χ1v) is 10.6. The molecule has 9 heteroatoms. The topological polar surface area (TPSA) is 63.2 Å². The third-order valence-corrected chi connectivity index (χ3v) is 5.42. The smallest absolute Gasteiger partial charge is 0.433 e. The van der Waals surface area contributed by atoms with Crippen molar-refractivity contribution in [2.24, 2.45) is 0 Å². The zero-order valence-corrected chi connectivity index (χ0v) is 18.7. The number of pyridine rings is 1. The minimum atomic E-state index is -4.51. The Morgan fingerprint density at radius 3 is 2.38 bits per heavy atom. The molecule has 0 aliphatic rings. The van der Waals surface area contributed by atoms with E-state index in [9.17, 15) is 22.4 Å². The lowest BCUT2D eigenvalue weighted by molar-refractivity contribution is -0.141. The summed E-state index contributed by atoms with van der Waals surface area (Å²) in [6.07, 6.45) is -2.54. The van der Waals surface area contributed by atoms with Crippen molar-refractivity contribution in [1.29, 1.82) is 0 Å². The number of rotatable bonds is 9. The minimum Gasteiger partial charge on any atom is -0.494 e. The summed E-state index contributed by atoms with van der Waals surface area (Å²) in [5.74, 6) is -0.735. The number of amides is 1. The summed E-state index contributed by atoms with van der Waals surface area (Å²) in [7, 11) is 2.89. The van der Waals surface area contributed by atoms with Crippen LogP contribution in [0.4, 0.5) is 17.6 Å². The highest BCUT2D eigenvalue weighted by atomic mass is 19.4. The maximum absolute atomic E-state index is 14.0. The molecule has 180 valence electrons. The molecule has 0 aliphatic carbocycles. The van der Waals surface area contributed by atoms with Crippen LogP contribution < -0.4 is 15.4 Å². The number of methoxy groups -OCH3 is 1. The number of hydrogen-bond acceptors (Lipinski definition) is 4. The van der Waals surface area contributed by atoms with Gasteiger partial charge in [-0.15, -0.1) is 0 Å². The van der Waals surface area contributed by atoms with Crippen molar-refractivity contribution in [1.82, 2.24) is 15.6 Å². The van der Waals surface area contributed by atoms with E-state index in [2.05, 4.69) is 15.6 Å². The van der Waals surface area contributed by atoms with Crippen LogP contribution in [0.25, 0.3) is 0 Å². The van der Waals surface area contributed by atoms with Gasteiger partial charge in [-0.05, 0) is 47.7 Å². The number of halogens is 4. The molecule has 5 nitrogen and oxygen atoms in total. The molecule has 0 radical (unpaired) electrons. The molecule has 3 rings (SSSR count). The van der Waals surface area contributed by atoms with E-state index < -0.39 is 29.8 Å². The largest absolute Gasteiger partial charge is 0.494 e. The van der Waals surface area contributed by atoms with Crippen LogP contribution in [0.5, 0.6) is 5.75 Å². The molecule has 0 spiro atoms. The molecule has 1 aromatic heterocycles. The molecular weight excluding hydrogens is 450 g/mol. The van der Waals surface area contributed by atoms with E-state index in [1.807, 2.05) is 30.3 Å². The summed E-state index contributed by atoms with van der Waals surface area (Å²) in [5, 5.41) is 5.97. The van der Waals surface area contributed by atoms with Crippen LogP contribution >= 0.6 is 0 Å². The lowest BCUT2D eigenvalue weighted by atomic mass is 9.96. The molecule has 2 atom stereocenters. The fourth-order valence-electron chi connectivity index (χ4n) is 3.60. The second-order valence-corrected chi connectivity index (χ2v) is 7.66. The highest BCUT2D eigenvalue weighted by Crippen LogP contribution is 2.30. The predicted molar refractivity (Wildman–Crippen MR) is 120 cm³/mol. The quantitative estimate of drug-likeness (QED) is 0.428. The second kappa shape index (κ2) is 11.1. The maximum atomic E-state index is 14.0. The average molecular weight is 475 g/mol. The molecule has 2 aromatic carbocycles. The van der Waals surface area contributed by atoms with Gasteiger partial charge < -0.3 is 10.1 Å². The number of hydrogen-bond donors (Lipinski definition) is 2. The van der Waals surface area contributed by atoms with E-state index in [4.69, 9.17) is 4.74 Å². The monoisotopic (exact) mass is 475 g/mol. The summed E-state index contributed by atoms with van der Waals surface area (Å²) in [5.41, 5.74) is 1.04. The summed E-state index contributed by atoms with van der Waals surface area (Å²) >= 11 is 0. The molecule has 0 bridgehead atoms. The maximum Gasteiger partial charge on any atom is 0.433 e. The zero-order valence-electron chi connectivity index (χ0n) is 18.7. The molecule has 0 saturated carbocycles. The molecule has 1 unspecified atom stereocenters. The number of likely N-dealkylation sites (N-methyl/N-ethyl adjacent to an activating group) is 1. The predicted octanol–water partition coefficient (Wildman–Crippen LogP) is 5.00. The van der Waals surface area contributed by atoms with Gasteiger partial charge in [-0.1, -0.05) is 42.5 Å². The van der Waals surface area contributed by atoms with Crippen LogP contribution in [-0.4, -0.2) is 25.0 Å². The first kappa shape index (κ1) is 25.2. The highest BCUT2D eigenvalue weighted by molar-refractivity contribution is 5.83. The number of ether oxygens (including phenoxy) is 1. The number of nitrogens with one attached hydrogen (secondary N) is 2. The van der Waals surface area contributed by atoms with Gasteiger partial charge in [-0.2, -0.15) is 13.2 Å². The summed E-state index contributed by atoms with van der Waals surface area (Å²) < 4.78 is 57.6. The number of carbonyl (C=O) groups excluding carboxylic acids is 1. The van der Waals surface area contributed by atoms with Crippen molar-refractivity contribution in [3.8, 4) is 5.75 Å². The van der Waals surface area contributed by atoms with Gasteiger partial charge in [0.1, 0.15) is 11.7 Å². The summed E-state index contributed by atoms with van der Waals surface area (Å²) in [6, 6.07) is 14.7. The van der Waals surface area contributed by atoms with Crippen LogP contribution in [0.2, 0.25) is 0 Å². The number of carbonyl (C=O) groups is 1. The Bertz CT molecular complexity index is 1090. The highest BCUT2D eigenvalue weighted by Gasteiger charge is 2.32. The van der Waals surface area contributed by atoms with Gasteiger partial charge in [0.2, 0.25) is 5.91 Å². The Hall–Kier alpha value is -3.46. The zero-order chi connectivity index (χ0) is 24.7. The van der Waals surface area contributed by atoms with Crippen molar-refractivity contribution in [2.45, 2.75) is 31.1 Å². The lowest BCUT2D eigenvalue weighted by Gasteiger charge is -2.26. The van der Waals surface area contributed by atoms with Gasteiger partial charge in [0.05, 0.1) is 7.11 Å². The van der Waals surface area contributed by atoms with Crippen LogP contribution in [0, 0.1) is 5.82 Å². The molecule has 34 heavy (non-hydrogen) atoms. The van der Waals surface area contributed by atoms with Gasteiger partial charge in [0.15, 0.2) is 11.6 Å². The summed E-state index contributed by atoms with van der Waals surface area (Å²) in [4.78, 5) is 16.2. The van der Waals surface area contributed by atoms with Gasteiger partial charge in [-0.3, -0.25) is 15.1 Å². The van der Waals surface area contributed by atoms with Gasteiger partial charge in [0, 0.05) is 19.3 Å². The van der Waals surface area contributed by atoms with E-state index in [-0.39, 0.29) is 11.7 Å². The Morgan fingerprint density at radius 1 is 1.06 bits per heavy atom. The molecule has 1 amide bonds. The molecule has 1 heterocycles. The average Bonchev–Trinajstić information content (AvgIpc) is 2.84. The molecule has 0 aliphatic heterocycles. The van der Waals surface area contributed by atoms with E-state index in [1.165, 1.54) is 32.5 Å². The summed E-state index contributed by atoms with van der Waals surface area (Å²) in [6.45, 7) is 0. The fraction of sp³-hybridized carbons (Fsp3) is 0.280. The first-order chi connectivity index (χ1) is 16.2. The Balaban J connectivity index is 1.89. The minimum absolute atomic E-state index is 0.0525. The molecule has 0 saturated heterocycles. The molecule has 0 fully saturated rings. The van der Waals surface area contributed by atoms with E-state index in [0.29, 0.717) is 24.0 Å². The number of aryl methyl sites for hydroxylation is 1. The fourth-order valence-corrected chi connectivity index (χ4v) is 3.60. The van der Waals surface area contributed by atoms with Crippen LogP contribution in [-0.2, 0) is 17.4 Å². The Labute approximate surface area is 195 Å². The van der Waals surface area contributed by atoms with Crippen LogP contribution in [0.15, 0.2) is 66.9 Å². The lowest BCUT2D eigenvalue weighted by Crippen LogP contribution is -2.38. The molecular formula is C25H25F4N3O2. The van der Waals surface area contributed by atoms with Crippen molar-refractivity contribution in [3.63, 3.8) is 0 Å². The van der Waals surface area contributed by atoms with Crippen molar-refractivity contribution >= 4 is 5.91 Å². The molecule has 3 aromatic rings. The first-order valence-electron chi connectivity index (χ1n) is 10.6. The number of benzene rings is 2. The number of alkyl halides is 3. The van der Waals surface area contributed by atoms with Gasteiger partial charge in [-0.25, -0.2) is 4.39 Å². The van der Waals surface area contributed by atoms with E-state index >= 15 is 0 Å². The normalized spacial score (nSPS) is 13.2. The van der Waals surface area contributed by atoms with Gasteiger partial charge in [0.25, 0.3) is 0 Å². The van der Waals surface area contributed by atoms with E-state index in [0.717, 1.165) is 11.6 Å². The van der Waals surface area contributed by atoms with Crippen molar-refractivity contribution in [2.75, 3.05) is 14.2 Å². The van der Waals surface area contributed by atoms with Crippen LogP contribution in [0.3, 0.4) is 0 Å². The number of aromatic nitrogens is 1. The van der Waals surface area contributed by atoms with Crippen LogP contribution in [0.1, 0.15) is 40.9 Å². The Kier molecular flexibility index (Phi) is 8.22.